The van der Waals surface area contributed by atoms with Gasteiger partial charge in [-0.3, -0.25) is 0 Å². The van der Waals surface area contributed by atoms with E-state index >= 15 is 0 Å². The number of fused-ring (bicyclic) bond motifs is 1. The average Bonchev–Trinajstić information content (AvgIpc) is 2.62. The van der Waals surface area contributed by atoms with Gasteiger partial charge in [-0.2, -0.15) is 4.98 Å². The molecule has 0 radical (unpaired) electrons. The summed E-state index contributed by atoms with van der Waals surface area (Å²) in [6.07, 6.45) is 1.86. The molecule has 0 spiro atoms. The number of methoxy groups -OCH3 is 1. The maximum Gasteiger partial charge on any atom is 0.239 e. The molecule has 2 rings (SSSR count). The summed E-state index contributed by atoms with van der Waals surface area (Å²) in [6, 6.07) is 3.97. The molecule has 2 N–H and O–H groups in total. The Bertz CT molecular complexity index is 384. The number of aromatic nitrogens is 2. The van der Waals surface area contributed by atoms with Gasteiger partial charge in [0.15, 0.2) is 0 Å². The molecule has 0 amide bonds. The van der Waals surface area contributed by atoms with Gasteiger partial charge in [0.1, 0.15) is 5.65 Å². The molecule has 2 aromatic heterocycles. The number of hydrogen-bond acceptors (Lipinski definition) is 3. The van der Waals surface area contributed by atoms with Crippen LogP contribution in [0.25, 0.3) is 11.0 Å². The highest BCUT2D eigenvalue weighted by Crippen LogP contribution is 2.25. The Morgan fingerprint density at radius 2 is 2.38 bits per heavy atom. The van der Waals surface area contributed by atoms with Gasteiger partial charge in [0.2, 0.25) is 5.88 Å². The Balaban J connectivity index is 2.67. The van der Waals surface area contributed by atoms with E-state index < -0.39 is 0 Å². The molecular weight excluding hydrogens is 166 g/mol. The van der Waals surface area contributed by atoms with Gasteiger partial charge in [-0.25, -0.2) is 0 Å². The van der Waals surface area contributed by atoms with E-state index in [1.54, 1.807) is 7.11 Å². The van der Waals surface area contributed by atoms with Crippen molar-refractivity contribution >= 4 is 16.7 Å². The number of rotatable bonds is 2. The van der Waals surface area contributed by atoms with Crippen LogP contribution in [0.5, 0.6) is 5.88 Å². The summed E-state index contributed by atoms with van der Waals surface area (Å²) in [5.74, 6) is 0.609. The molecule has 0 saturated heterocycles. The minimum atomic E-state index is 0.609. The van der Waals surface area contributed by atoms with E-state index in [1.807, 2.05) is 25.4 Å². The van der Waals surface area contributed by atoms with Crippen molar-refractivity contribution in [3.8, 4) is 5.88 Å². The van der Waals surface area contributed by atoms with Crippen LogP contribution < -0.4 is 10.1 Å². The zero-order valence-corrected chi connectivity index (χ0v) is 7.59. The lowest BCUT2D eigenvalue weighted by molar-refractivity contribution is 0.401. The summed E-state index contributed by atoms with van der Waals surface area (Å²) in [5.41, 5.74) is 1.74. The van der Waals surface area contributed by atoms with Crippen LogP contribution >= 0.6 is 0 Å². The fraction of sp³-hybridized carbons (Fsp3) is 0.222. The topological polar surface area (TPSA) is 49.9 Å². The van der Waals surface area contributed by atoms with Crippen LogP contribution in [0, 0.1) is 0 Å². The summed E-state index contributed by atoms with van der Waals surface area (Å²) in [7, 11) is 3.45. The molecule has 4 heteroatoms. The molecule has 4 nitrogen and oxygen atoms in total. The van der Waals surface area contributed by atoms with Gasteiger partial charge in [-0.15, -0.1) is 0 Å². The number of H-pyrrole nitrogens is 1. The lowest BCUT2D eigenvalue weighted by atomic mass is 10.3. The number of ether oxygens (including phenoxy) is 1. The fourth-order valence-corrected chi connectivity index (χ4v) is 1.30. The predicted octanol–water partition coefficient (Wildman–Crippen LogP) is 1.61. The largest absolute Gasteiger partial charge is 0.479 e. The van der Waals surface area contributed by atoms with Crippen molar-refractivity contribution in [1.82, 2.24) is 9.97 Å². The molecule has 2 aromatic rings. The van der Waals surface area contributed by atoms with Crippen molar-refractivity contribution in [2.75, 3.05) is 19.5 Å². The minimum absolute atomic E-state index is 0.609. The van der Waals surface area contributed by atoms with Crippen molar-refractivity contribution < 1.29 is 4.74 Å². The van der Waals surface area contributed by atoms with Crippen LogP contribution in [0.2, 0.25) is 0 Å². The predicted molar refractivity (Wildman–Crippen MR) is 52.2 cm³/mol. The Hall–Kier alpha value is -1.71. The Morgan fingerprint density at radius 1 is 1.54 bits per heavy atom. The van der Waals surface area contributed by atoms with Gasteiger partial charge in [0.25, 0.3) is 0 Å². The first-order valence-electron chi connectivity index (χ1n) is 4.05. The van der Waals surface area contributed by atoms with Crippen molar-refractivity contribution in [2.45, 2.75) is 0 Å². The second-order valence-corrected chi connectivity index (χ2v) is 2.71. The second-order valence-electron chi connectivity index (χ2n) is 2.71. The van der Waals surface area contributed by atoms with Crippen LogP contribution in [-0.2, 0) is 0 Å². The summed E-state index contributed by atoms with van der Waals surface area (Å²) in [4.78, 5) is 7.31. The van der Waals surface area contributed by atoms with E-state index in [0.29, 0.717) is 5.88 Å². The molecule has 13 heavy (non-hydrogen) atoms. The minimum Gasteiger partial charge on any atom is -0.479 e. The first-order chi connectivity index (χ1) is 6.35. The number of nitrogens with zero attached hydrogens (tertiary/aromatic N) is 1. The fourth-order valence-electron chi connectivity index (χ4n) is 1.30. The number of nitrogens with one attached hydrogen (secondary N) is 2. The molecule has 68 valence electrons. The van der Waals surface area contributed by atoms with Crippen molar-refractivity contribution in [3.05, 3.63) is 18.3 Å². The van der Waals surface area contributed by atoms with Crippen LogP contribution in [0.3, 0.4) is 0 Å². The molecule has 0 unspecified atom stereocenters. The maximum absolute atomic E-state index is 5.12. The van der Waals surface area contributed by atoms with Gasteiger partial charge in [-0.05, 0) is 12.1 Å². The molecule has 0 bridgehead atoms. The molecule has 0 aliphatic rings. The second kappa shape index (κ2) is 2.97. The summed E-state index contributed by atoms with van der Waals surface area (Å²) >= 11 is 0. The van der Waals surface area contributed by atoms with Crippen molar-refractivity contribution in [2.24, 2.45) is 0 Å². The number of pyridine rings is 1. The van der Waals surface area contributed by atoms with Gasteiger partial charge < -0.3 is 15.0 Å². The first-order valence-corrected chi connectivity index (χ1v) is 4.05. The van der Waals surface area contributed by atoms with Crippen molar-refractivity contribution in [1.29, 1.82) is 0 Å². The quantitative estimate of drug-likeness (QED) is 0.732. The van der Waals surface area contributed by atoms with Gasteiger partial charge in [-0.1, -0.05) is 0 Å². The molecule has 0 atom stereocenters. The molecule has 0 fully saturated rings. The summed E-state index contributed by atoms with van der Waals surface area (Å²) in [6.45, 7) is 0. The SMILES string of the molecule is CNc1cc2cc[nH]c2nc1OC. The van der Waals surface area contributed by atoms with Crippen LogP contribution in [0.4, 0.5) is 5.69 Å². The molecule has 0 aromatic carbocycles. The smallest absolute Gasteiger partial charge is 0.239 e. The number of hydrogen-bond donors (Lipinski definition) is 2. The zero-order valence-electron chi connectivity index (χ0n) is 7.59. The normalized spacial score (nSPS) is 10.3. The zero-order chi connectivity index (χ0) is 9.26. The van der Waals surface area contributed by atoms with E-state index in [-0.39, 0.29) is 0 Å². The lowest BCUT2D eigenvalue weighted by Crippen LogP contribution is -1.96. The highest BCUT2D eigenvalue weighted by molar-refractivity contribution is 5.81. The number of anilines is 1. The Morgan fingerprint density at radius 3 is 3.08 bits per heavy atom. The third kappa shape index (κ3) is 1.20. The average molecular weight is 177 g/mol. The van der Waals surface area contributed by atoms with E-state index in [1.165, 1.54) is 0 Å². The lowest BCUT2D eigenvalue weighted by Gasteiger charge is -2.05. The Kier molecular flexibility index (Phi) is 1.81. The molecule has 0 aliphatic heterocycles. The Labute approximate surface area is 75.9 Å². The third-order valence-corrected chi connectivity index (χ3v) is 1.96. The van der Waals surface area contributed by atoms with Crippen LogP contribution in [-0.4, -0.2) is 24.1 Å². The van der Waals surface area contributed by atoms with Gasteiger partial charge >= 0.3 is 0 Å². The first kappa shape index (κ1) is 7.91. The molecular formula is C9H11N3O. The summed E-state index contributed by atoms with van der Waals surface area (Å²) < 4.78 is 5.12. The van der Waals surface area contributed by atoms with E-state index in [4.69, 9.17) is 4.74 Å². The van der Waals surface area contributed by atoms with E-state index in [2.05, 4.69) is 15.3 Å². The van der Waals surface area contributed by atoms with E-state index in [9.17, 15) is 0 Å². The molecule has 0 aliphatic carbocycles. The molecule has 2 heterocycles. The van der Waals surface area contributed by atoms with Crippen LogP contribution in [0.1, 0.15) is 0 Å². The molecule has 0 saturated carbocycles. The van der Waals surface area contributed by atoms with Crippen LogP contribution in [0.15, 0.2) is 18.3 Å². The monoisotopic (exact) mass is 177 g/mol. The van der Waals surface area contributed by atoms with Crippen molar-refractivity contribution in [3.63, 3.8) is 0 Å². The maximum atomic E-state index is 5.12. The number of aromatic amines is 1. The summed E-state index contributed by atoms with van der Waals surface area (Å²) in [5, 5.41) is 4.10. The highest BCUT2D eigenvalue weighted by Gasteiger charge is 2.05. The van der Waals surface area contributed by atoms with Gasteiger partial charge in [0.05, 0.1) is 12.8 Å². The van der Waals surface area contributed by atoms with Gasteiger partial charge in [0, 0.05) is 18.6 Å². The third-order valence-electron chi connectivity index (χ3n) is 1.96. The highest BCUT2D eigenvalue weighted by atomic mass is 16.5. The van der Waals surface area contributed by atoms with E-state index in [0.717, 1.165) is 16.7 Å². The standard InChI is InChI=1S/C9H11N3O/c1-10-7-5-6-3-4-11-8(6)12-9(7)13-2/h3-5,10H,1-2H3,(H,11,12).